The number of hydrogen-bond acceptors (Lipinski definition) is 4. The van der Waals surface area contributed by atoms with Crippen LogP contribution >= 0.6 is 0 Å². The van der Waals surface area contributed by atoms with Crippen LogP contribution in [0.1, 0.15) is 17.3 Å². The number of benzene rings is 1. The molecule has 2 rings (SSSR count). The van der Waals surface area contributed by atoms with E-state index in [4.69, 9.17) is 14.6 Å². The summed E-state index contributed by atoms with van der Waals surface area (Å²) in [7, 11) is 3.08. The van der Waals surface area contributed by atoms with Gasteiger partial charge in [0.1, 0.15) is 17.1 Å². The monoisotopic (exact) mass is 303 g/mol. The van der Waals surface area contributed by atoms with Crippen LogP contribution in [0.15, 0.2) is 35.1 Å². The molecule has 1 aromatic carbocycles. The summed E-state index contributed by atoms with van der Waals surface area (Å²) < 4.78 is 11.9. The third kappa shape index (κ3) is 2.67. The molecule has 1 N–H and O–H groups in total. The summed E-state index contributed by atoms with van der Waals surface area (Å²) in [5.74, 6) is -0.0463. The average molecular weight is 303 g/mol. The normalized spacial score (nSPS) is 10.3. The number of nitrogens with zero attached hydrogens (tertiary/aromatic N) is 1. The molecular weight excluding hydrogens is 286 g/mol. The Bertz CT molecular complexity index is 764. The third-order valence-electron chi connectivity index (χ3n) is 3.40. The molecular formula is C16H17NO5. The predicted octanol–water partition coefficient (Wildman–Crippen LogP) is 2.25. The molecule has 1 heterocycles. The summed E-state index contributed by atoms with van der Waals surface area (Å²) in [4.78, 5) is 23.4. The Hall–Kier alpha value is -2.76. The zero-order valence-corrected chi connectivity index (χ0v) is 12.6. The van der Waals surface area contributed by atoms with Crippen molar-refractivity contribution in [2.24, 2.45) is 0 Å². The molecule has 22 heavy (non-hydrogen) atoms. The fraction of sp³-hybridized carbons (Fsp3) is 0.250. The van der Waals surface area contributed by atoms with Crippen LogP contribution in [0.5, 0.6) is 11.5 Å². The number of ether oxygens (including phenoxy) is 2. The summed E-state index contributed by atoms with van der Waals surface area (Å²) in [6, 6.07) is 8.16. The highest BCUT2D eigenvalue weighted by Gasteiger charge is 2.17. The molecule has 0 unspecified atom stereocenters. The van der Waals surface area contributed by atoms with Gasteiger partial charge < -0.3 is 19.1 Å². The zero-order chi connectivity index (χ0) is 16.3. The van der Waals surface area contributed by atoms with Crippen LogP contribution in [0.4, 0.5) is 0 Å². The van der Waals surface area contributed by atoms with Crippen molar-refractivity contribution in [3.8, 4) is 22.8 Å². The molecule has 0 aliphatic carbocycles. The number of aromatic carboxylic acids is 1. The standard InChI is InChI=1S/C16H17NO5/c1-4-17-13(7-6-11(15(17)18)16(19)20)12-9-10(21-2)5-8-14(12)22-3/h5-9H,4H2,1-3H3,(H,19,20). The van der Waals surface area contributed by atoms with Crippen molar-refractivity contribution in [1.82, 2.24) is 4.57 Å². The molecule has 2 aromatic rings. The van der Waals surface area contributed by atoms with Gasteiger partial charge in [0.2, 0.25) is 0 Å². The number of hydrogen-bond donors (Lipinski definition) is 1. The Morgan fingerprint density at radius 2 is 1.91 bits per heavy atom. The number of carbonyl (C=O) groups is 1. The Kier molecular flexibility index (Phi) is 4.50. The maximum atomic E-state index is 12.3. The second-order valence-electron chi connectivity index (χ2n) is 4.55. The molecule has 0 atom stereocenters. The SMILES string of the molecule is CCn1c(-c2cc(OC)ccc2OC)ccc(C(=O)O)c1=O. The van der Waals surface area contributed by atoms with E-state index in [0.717, 1.165) is 0 Å². The molecule has 0 aliphatic heterocycles. The van der Waals surface area contributed by atoms with Gasteiger partial charge >= 0.3 is 5.97 Å². The number of carboxylic acids is 1. The fourth-order valence-corrected chi connectivity index (χ4v) is 2.30. The minimum absolute atomic E-state index is 0.257. The van der Waals surface area contributed by atoms with Crippen LogP contribution in [0.25, 0.3) is 11.3 Å². The molecule has 0 bridgehead atoms. The van der Waals surface area contributed by atoms with Gasteiger partial charge in [0.25, 0.3) is 5.56 Å². The van der Waals surface area contributed by atoms with E-state index in [1.165, 1.54) is 17.7 Å². The van der Waals surface area contributed by atoms with Crippen molar-refractivity contribution in [3.63, 3.8) is 0 Å². The maximum Gasteiger partial charge on any atom is 0.341 e. The number of aromatic nitrogens is 1. The van der Waals surface area contributed by atoms with Gasteiger partial charge in [-0.2, -0.15) is 0 Å². The third-order valence-corrected chi connectivity index (χ3v) is 3.40. The molecule has 0 spiro atoms. The van der Waals surface area contributed by atoms with E-state index < -0.39 is 11.5 Å². The second-order valence-corrected chi connectivity index (χ2v) is 4.55. The number of rotatable bonds is 5. The lowest BCUT2D eigenvalue weighted by Gasteiger charge is -2.15. The van der Waals surface area contributed by atoms with Gasteiger partial charge in [0.05, 0.1) is 19.9 Å². The van der Waals surface area contributed by atoms with Gasteiger partial charge in [-0.05, 0) is 37.3 Å². The van der Waals surface area contributed by atoms with Gasteiger partial charge in [0.15, 0.2) is 0 Å². The average Bonchev–Trinajstić information content (AvgIpc) is 2.53. The molecule has 0 saturated heterocycles. The minimum atomic E-state index is -1.24. The summed E-state index contributed by atoms with van der Waals surface area (Å²) >= 11 is 0. The van der Waals surface area contributed by atoms with Crippen molar-refractivity contribution in [2.45, 2.75) is 13.5 Å². The molecule has 1 aromatic heterocycles. The smallest absolute Gasteiger partial charge is 0.341 e. The molecule has 0 fully saturated rings. The Morgan fingerprint density at radius 1 is 1.18 bits per heavy atom. The van der Waals surface area contributed by atoms with Crippen LogP contribution in [-0.2, 0) is 6.54 Å². The van der Waals surface area contributed by atoms with E-state index >= 15 is 0 Å². The van der Waals surface area contributed by atoms with E-state index in [2.05, 4.69) is 0 Å². The second kappa shape index (κ2) is 6.34. The number of carboxylic acid groups (broad SMARTS) is 1. The number of pyridine rings is 1. The predicted molar refractivity (Wildman–Crippen MR) is 81.9 cm³/mol. The topological polar surface area (TPSA) is 77.8 Å². The molecule has 0 saturated carbocycles. The molecule has 0 amide bonds. The molecule has 0 aliphatic rings. The van der Waals surface area contributed by atoms with E-state index in [9.17, 15) is 9.59 Å². The molecule has 6 heteroatoms. The molecule has 6 nitrogen and oxygen atoms in total. The Morgan fingerprint density at radius 3 is 2.45 bits per heavy atom. The van der Waals surface area contributed by atoms with Crippen LogP contribution in [0.3, 0.4) is 0 Å². The van der Waals surface area contributed by atoms with Crippen molar-refractivity contribution < 1.29 is 19.4 Å². The highest BCUT2D eigenvalue weighted by atomic mass is 16.5. The van der Waals surface area contributed by atoms with E-state index in [0.29, 0.717) is 29.3 Å². The minimum Gasteiger partial charge on any atom is -0.497 e. The van der Waals surface area contributed by atoms with E-state index in [-0.39, 0.29) is 5.56 Å². The first-order chi connectivity index (χ1) is 10.5. The van der Waals surface area contributed by atoms with Gasteiger partial charge in [-0.3, -0.25) is 4.79 Å². The van der Waals surface area contributed by atoms with Gasteiger partial charge in [-0.1, -0.05) is 0 Å². The Balaban J connectivity index is 2.75. The summed E-state index contributed by atoms with van der Waals surface area (Å²) in [5.41, 5.74) is 0.441. The largest absolute Gasteiger partial charge is 0.497 e. The van der Waals surface area contributed by atoms with Crippen molar-refractivity contribution in [1.29, 1.82) is 0 Å². The van der Waals surface area contributed by atoms with Gasteiger partial charge in [-0.15, -0.1) is 0 Å². The van der Waals surface area contributed by atoms with E-state index in [1.54, 1.807) is 38.3 Å². The molecule has 0 radical (unpaired) electrons. The highest BCUT2D eigenvalue weighted by molar-refractivity contribution is 5.87. The maximum absolute atomic E-state index is 12.3. The summed E-state index contributed by atoms with van der Waals surface area (Å²) in [6.07, 6.45) is 0. The zero-order valence-electron chi connectivity index (χ0n) is 12.6. The summed E-state index contributed by atoms with van der Waals surface area (Å²) in [5, 5.41) is 9.07. The lowest BCUT2D eigenvalue weighted by atomic mass is 10.1. The van der Waals surface area contributed by atoms with Crippen molar-refractivity contribution in [2.75, 3.05) is 14.2 Å². The van der Waals surface area contributed by atoms with Gasteiger partial charge in [0, 0.05) is 12.1 Å². The van der Waals surface area contributed by atoms with Crippen LogP contribution in [0, 0.1) is 0 Å². The Labute approximate surface area is 127 Å². The molecule has 116 valence electrons. The van der Waals surface area contributed by atoms with Crippen molar-refractivity contribution in [3.05, 3.63) is 46.2 Å². The fourth-order valence-electron chi connectivity index (χ4n) is 2.30. The van der Waals surface area contributed by atoms with E-state index in [1.807, 2.05) is 0 Å². The number of methoxy groups -OCH3 is 2. The quantitative estimate of drug-likeness (QED) is 0.916. The first-order valence-corrected chi connectivity index (χ1v) is 6.73. The van der Waals surface area contributed by atoms with Gasteiger partial charge in [-0.25, -0.2) is 4.79 Å². The van der Waals surface area contributed by atoms with Crippen LogP contribution in [0.2, 0.25) is 0 Å². The lowest BCUT2D eigenvalue weighted by molar-refractivity contribution is 0.0694. The van der Waals surface area contributed by atoms with Crippen LogP contribution < -0.4 is 15.0 Å². The van der Waals surface area contributed by atoms with Crippen molar-refractivity contribution >= 4 is 5.97 Å². The summed E-state index contributed by atoms with van der Waals surface area (Å²) in [6.45, 7) is 2.12. The van der Waals surface area contributed by atoms with Crippen LogP contribution in [-0.4, -0.2) is 29.9 Å². The lowest BCUT2D eigenvalue weighted by Crippen LogP contribution is -2.26. The first-order valence-electron chi connectivity index (χ1n) is 6.73. The highest BCUT2D eigenvalue weighted by Crippen LogP contribution is 2.32. The first kappa shape index (κ1) is 15.6.